The quantitative estimate of drug-likeness (QED) is 0.176. The molecule has 0 aliphatic rings. The van der Waals surface area contributed by atoms with Crippen molar-refractivity contribution < 1.29 is 24.3 Å². The van der Waals surface area contributed by atoms with Crippen LogP contribution in [0.5, 0.6) is 0 Å². The molecule has 4 atom stereocenters. The number of rotatable bonds is 16. The van der Waals surface area contributed by atoms with Crippen molar-refractivity contribution in [3.05, 3.63) is 18.2 Å². The lowest BCUT2D eigenvalue weighted by Gasteiger charge is -2.26. The third-order valence-corrected chi connectivity index (χ3v) is 6.34. The van der Waals surface area contributed by atoms with E-state index < -0.39 is 47.9 Å². The largest absolute Gasteiger partial charge is 0.480 e. The normalized spacial score (nSPS) is 14.6. The van der Waals surface area contributed by atoms with Gasteiger partial charge in [0.1, 0.15) is 18.1 Å². The molecule has 11 nitrogen and oxygen atoms in total. The first-order valence-corrected chi connectivity index (χ1v) is 13.7. The monoisotopic (exact) mass is 516 g/mol. The molecule has 1 rings (SSSR count). The number of aromatic amines is 1. The highest BCUT2D eigenvalue weighted by Crippen LogP contribution is 2.08. The number of aromatic nitrogens is 2. The summed E-state index contributed by atoms with van der Waals surface area (Å²) < 4.78 is 0. The molecule has 0 saturated heterocycles. The lowest BCUT2D eigenvalue weighted by Crippen LogP contribution is -2.58. The van der Waals surface area contributed by atoms with Crippen LogP contribution >= 0.6 is 23.5 Å². The number of nitrogens with one attached hydrogen (secondary N) is 4. The fourth-order valence-corrected chi connectivity index (χ4v) is 4.00. The lowest BCUT2D eigenvalue weighted by molar-refractivity contribution is -0.143. The molecule has 1 aromatic heterocycles. The number of carbonyl (C=O) groups excluding carboxylic acids is 3. The van der Waals surface area contributed by atoms with Crippen molar-refractivity contribution in [2.75, 3.05) is 24.0 Å². The summed E-state index contributed by atoms with van der Waals surface area (Å²) >= 11 is 3.02. The Bertz CT molecular complexity index is 793. The maximum Gasteiger partial charge on any atom is 0.326 e. The van der Waals surface area contributed by atoms with Crippen molar-refractivity contribution in [3.8, 4) is 0 Å². The predicted octanol–water partition coefficient (Wildman–Crippen LogP) is -0.0193. The van der Waals surface area contributed by atoms with Crippen molar-refractivity contribution in [3.63, 3.8) is 0 Å². The first-order chi connectivity index (χ1) is 16.1. The maximum absolute atomic E-state index is 13.1. The second kappa shape index (κ2) is 15.6. The van der Waals surface area contributed by atoms with Crippen LogP contribution in [0.3, 0.4) is 0 Å². The Morgan fingerprint density at radius 3 is 1.97 bits per heavy atom. The summed E-state index contributed by atoms with van der Waals surface area (Å²) in [5.74, 6) is -1.88. The van der Waals surface area contributed by atoms with Gasteiger partial charge in [-0.3, -0.25) is 14.4 Å². The van der Waals surface area contributed by atoms with E-state index in [4.69, 9.17) is 5.73 Å². The Hall–Kier alpha value is -2.25. The van der Waals surface area contributed by atoms with Crippen LogP contribution in [-0.2, 0) is 25.6 Å². The van der Waals surface area contributed by atoms with Crippen LogP contribution < -0.4 is 21.7 Å². The highest BCUT2D eigenvalue weighted by molar-refractivity contribution is 7.98. The zero-order valence-corrected chi connectivity index (χ0v) is 21.6. The van der Waals surface area contributed by atoms with E-state index in [9.17, 15) is 24.3 Å². The van der Waals surface area contributed by atoms with Gasteiger partial charge in [-0.2, -0.15) is 23.5 Å². The summed E-state index contributed by atoms with van der Waals surface area (Å²) in [5.41, 5.74) is 6.69. The Labute approximate surface area is 208 Å². The van der Waals surface area contributed by atoms with Crippen LogP contribution in [0.1, 0.15) is 32.4 Å². The third kappa shape index (κ3) is 10.3. The van der Waals surface area contributed by atoms with E-state index in [-0.39, 0.29) is 12.3 Å². The molecule has 0 fully saturated rings. The van der Waals surface area contributed by atoms with Crippen LogP contribution in [0.25, 0.3) is 0 Å². The molecule has 4 unspecified atom stereocenters. The zero-order valence-electron chi connectivity index (χ0n) is 20.0. The number of hydrogen-bond acceptors (Lipinski definition) is 8. The van der Waals surface area contributed by atoms with Crippen molar-refractivity contribution in [1.29, 1.82) is 0 Å². The molecule has 13 heteroatoms. The minimum Gasteiger partial charge on any atom is -0.480 e. The standard InChI is InChI=1S/C21H36N6O5S2/c1-12(2)17(21(31)32)27-20(30)16(6-8-34-4)26-19(29)15(5-7-33-3)25-18(28)14(22)9-13-10-23-11-24-13/h10-12,14-17H,5-9,22H2,1-4H3,(H,23,24)(H,25,28)(H,26,29)(H,27,30)(H,31,32). The Morgan fingerprint density at radius 1 is 1.00 bits per heavy atom. The van der Waals surface area contributed by atoms with E-state index in [0.29, 0.717) is 30.0 Å². The zero-order chi connectivity index (χ0) is 25.7. The molecule has 0 radical (unpaired) electrons. The van der Waals surface area contributed by atoms with E-state index in [2.05, 4.69) is 25.9 Å². The first kappa shape index (κ1) is 29.8. The second-order valence-corrected chi connectivity index (χ2v) is 10.1. The summed E-state index contributed by atoms with van der Waals surface area (Å²) in [7, 11) is 0. The Morgan fingerprint density at radius 2 is 1.53 bits per heavy atom. The molecule has 0 aromatic carbocycles. The number of imidazole rings is 1. The van der Waals surface area contributed by atoms with E-state index in [1.165, 1.54) is 29.9 Å². The number of thioether (sulfide) groups is 2. The number of H-pyrrole nitrogens is 1. The van der Waals surface area contributed by atoms with Gasteiger partial charge < -0.3 is 31.8 Å². The number of nitrogens with two attached hydrogens (primary N) is 1. The second-order valence-electron chi connectivity index (χ2n) is 8.14. The van der Waals surface area contributed by atoms with Crippen molar-refractivity contribution in [2.45, 2.75) is 57.3 Å². The molecule has 0 aliphatic heterocycles. The summed E-state index contributed by atoms with van der Waals surface area (Å²) in [6.07, 6.45) is 7.69. The number of hydrogen-bond donors (Lipinski definition) is 6. The number of carbonyl (C=O) groups is 4. The van der Waals surface area contributed by atoms with Gasteiger partial charge in [0, 0.05) is 18.3 Å². The molecule has 7 N–H and O–H groups in total. The van der Waals surface area contributed by atoms with Crippen LogP contribution in [0, 0.1) is 5.92 Å². The molecule has 0 spiro atoms. The van der Waals surface area contributed by atoms with Gasteiger partial charge in [0.25, 0.3) is 0 Å². The highest BCUT2D eigenvalue weighted by Gasteiger charge is 2.31. The van der Waals surface area contributed by atoms with Crippen LogP contribution in [0.2, 0.25) is 0 Å². The minimum absolute atomic E-state index is 0.229. The molecule has 192 valence electrons. The summed E-state index contributed by atoms with van der Waals surface area (Å²) in [5, 5.41) is 17.3. The SMILES string of the molecule is CSCCC(NC(=O)C(N)Cc1cnc[nH]1)C(=O)NC(CCSC)C(=O)NC(C(=O)O)C(C)C. The van der Waals surface area contributed by atoms with E-state index in [1.807, 2.05) is 12.5 Å². The van der Waals surface area contributed by atoms with Crippen molar-refractivity contribution in [2.24, 2.45) is 11.7 Å². The van der Waals surface area contributed by atoms with Gasteiger partial charge in [0.2, 0.25) is 17.7 Å². The maximum atomic E-state index is 13.1. The smallest absolute Gasteiger partial charge is 0.326 e. The van der Waals surface area contributed by atoms with Crippen molar-refractivity contribution >= 4 is 47.2 Å². The van der Waals surface area contributed by atoms with Crippen molar-refractivity contribution in [1.82, 2.24) is 25.9 Å². The number of aliphatic carboxylic acids is 1. The average Bonchev–Trinajstić information content (AvgIpc) is 3.29. The molecule has 0 saturated carbocycles. The number of carboxylic acids is 1. The topological polar surface area (TPSA) is 179 Å². The molecule has 34 heavy (non-hydrogen) atoms. The van der Waals surface area contributed by atoms with Crippen LogP contribution in [-0.4, -0.2) is 86.9 Å². The van der Waals surface area contributed by atoms with E-state index >= 15 is 0 Å². The lowest BCUT2D eigenvalue weighted by atomic mass is 10.0. The van der Waals surface area contributed by atoms with Gasteiger partial charge in [-0.05, 0) is 42.8 Å². The number of nitrogens with zero attached hydrogens (tertiary/aromatic N) is 1. The first-order valence-electron chi connectivity index (χ1n) is 10.9. The third-order valence-electron chi connectivity index (χ3n) is 5.05. The molecular formula is C21H36N6O5S2. The molecule has 0 bridgehead atoms. The molecular weight excluding hydrogens is 480 g/mol. The van der Waals surface area contributed by atoms with Gasteiger partial charge in [-0.1, -0.05) is 13.8 Å². The van der Waals surface area contributed by atoms with Gasteiger partial charge in [0.05, 0.1) is 12.4 Å². The van der Waals surface area contributed by atoms with E-state index in [0.717, 1.165) is 0 Å². The Balaban J connectivity index is 2.89. The van der Waals surface area contributed by atoms with Crippen LogP contribution in [0.15, 0.2) is 12.5 Å². The predicted molar refractivity (Wildman–Crippen MR) is 135 cm³/mol. The Kier molecular flexibility index (Phi) is 13.7. The van der Waals surface area contributed by atoms with Gasteiger partial charge in [-0.25, -0.2) is 9.78 Å². The number of carboxylic acid groups (broad SMARTS) is 1. The molecule has 3 amide bonds. The van der Waals surface area contributed by atoms with Gasteiger partial charge >= 0.3 is 5.97 Å². The molecule has 0 aliphatic carbocycles. The minimum atomic E-state index is -1.14. The summed E-state index contributed by atoms with van der Waals surface area (Å²) in [6, 6.07) is -3.79. The fraction of sp³-hybridized carbons (Fsp3) is 0.667. The molecule has 1 heterocycles. The van der Waals surface area contributed by atoms with E-state index in [1.54, 1.807) is 20.0 Å². The fourth-order valence-electron chi connectivity index (χ4n) is 3.05. The number of amides is 3. The highest BCUT2D eigenvalue weighted by atomic mass is 32.2. The average molecular weight is 517 g/mol. The van der Waals surface area contributed by atoms with Crippen LogP contribution in [0.4, 0.5) is 0 Å². The summed E-state index contributed by atoms with van der Waals surface area (Å²) in [4.78, 5) is 56.8. The van der Waals surface area contributed by atoms with Gasteiger partial charge in [-0.15, -0.1) is 0 Å². The molecule has 1 aromatic rings. The summed E-state index contributed by atoms with van der Waals surface area (Å²) in [6.45, 7) is 3.38. The van der Waals surface area contributed by atoms with Gasteiger partial charge in [0.15, 0.2) is 0 Å².